The number of ether oxygens (including phenoxy) is 2. The lowest BCUT2D eigenvalue weighted by Gasteiger charge is -2.05. The van der Waals surface area contributed by atoms with Crippen LogP contribution in [-0.2, 0) is 14.3 Å². The van der Waals surface area contributed by atoms with Crippen LogP contribution in [0, 0.1) is 5.92 Å². The van der Waals surface area contributed by atoms with Crippen molar-refractivity contribution in [2.24, 2.45) is 5.92 Å². The summed E-state index contributed by atoms with van der Waals surface area (Å²) in [5, 5.41) is 0. The average Bonchev–Trinajstić information content (AvgIpc) is 2.81. The Kier molecular flexibility index (Phi) is 2.65. The third-order valence-corrected chi connectivity index (χ3v) is 1.63. The molecule has 0 aromatic carbocycles. The smallest absolute Gasteiger partial charge is 0.311 e. The highest BCUT2D eigenvalue weighted by atomic mass is 16.6. The zero-order valence-electron chi connectivity index (χ0n) is 6.58. The van der Waals surface area contributed by atoms with Gasteiger partial charge in [0.05, 0.1) is 18.6 Å². The van der Waals surface area contributed by atoms with Crippen LogP contribution in [0.5, 0.6) is 0 Å². The molecule has 2 unspecified atom stereocenters. The van der Waals surface area contributed by atoms with Crippen molar-refractivity contribution >= 4 is 5.97 Å². The Morgan fingerprint density at radius 2 is 2.64 bits per heavy atom. The van der Waals surface area contributed by atoms with Crippen LogP contribution in [0.1, 0.15) is 6.92 Å². The Morgan fingerprint density at radius 3 is 3.09 bits per heavy atom. The first-order valence-electron chi connectivity index (χ1n) is 3.65. The molecule has 0 spiro atoms. The molecule has 11 heavy (non-hydrogen) atoms. The summed E-state index contributed by atoms with van der Waals surface area (Å²) in [7, 11) is 0. The summed E-state index contributed by atoms with van der Waals surface area (Å²) in [6, 6.07) is 0. The van der Waals surface area contributed by atoms with Gasteiger partial charge in [0.2, 0.25) is 0 Å². The standard InChI is InChI=1S/C8H12O3/c1-3-4-10-8(9)6(2)7-5-11-7/h3,6-7H,1,4-5H2,2H3. The van der Waals surface area contributed by atoms with Gasteiger partial charge in [-0.1, -0.05) is 12.7 Å². The molecule has 1 aliphatic heterocycles. The molecule has 0 N–H and O–H groups in total. The van der Waals surface area contributed by atoms with Crippen LogP contribution in [-0.4, -0.2) is 25.3 Å². The summed E-state index contributed by atoms with van der Waals surface area (Å²) >= 11 is 0. The van der Waals surface area contributed by atoms with Gasteiger partial charge in [-0.25, -0.2) is 0 Å². The zero-order chi connectivity index (χ0) is 8.27. The van der Waals surface area contributed by atoms with Crippen molar-refractivity contribution in [3.8, 4) is 0 Å². The second-order valence-electron chi connectivity index (χ2n) is 2.58. The molecule has 3 heteroatoms. The molecule has 0 saturated carbocycles. The van der Waals surface area contributed by atoms with E-state index in [1.807, 2.05) is 6.92 Å². The van der Waals surface area contributed by atoms with Gasteiger partial charge in [0.1, 0.15) is 6.61 Å². The van der Waals surface area contributed by atoms with Crippen molar-refractivity contribution in [3.63, 3.8) is 0 Å². The molecule has 3 nitrogen and oxygen atoms in total. The van der Waals surface area contributed by atoms with Crippen molar-refractivity contribution in [1.29, 1.82) is 0 Å². The van der Waals surface area contributed by atoms with E-state index in [0.717, 1.165) is 0 Å². The van der Waals surface area contributed by atoms with Crippen LogP contribution >= 0.6 is 0 Å². The number of hydrogen-bond acceptors (Lipinski definition) is 3. The lowest BCUT2D eigenvalue weighted by molar-refractivity contribution is -0.147. The fourth-order valence-electron chi connectivity index (χ4n) is 0.769. The lowest BCUT2D eigenvalue weighted by atomic mass is 10.1. The minimum absolute atomic E-state index is 0.0901. The number of carbonyl (C=O) groups excluding carboxylic acids is 1. The summed E-state index contributed by atoms with van der Waals surface area (Å²) in [5.41, 5.74) is 0. The summed E-state index contributed by atoms with van der Waals surface area (Å²) in [5.74, 6) is -0.331. The van der Waals surface area contributed by atoms with Crippen molar-refractivity contribution < 1.29 is 14.3 Å². The molecule has 0 aromatic heterocycles. The predicted molar refractivity (Wildman–Crippen MR) is 40.1 cm³/mol. The molecule has 0 aromatic rings. The molecule has 62 valence electrons. The van der Waals surface area contributed by atoms with E-state index in [1.54, 1.807) is 6.08 Å². The maximum Gasteiger partial charge on any atom is 0.311 e. The highest BCUT2D eigenvalue weighted by molar-refractivity contribution is 5.73. The summed E-state index contributed by atoms with van der Waals surface area (Å²) in [6.45, 7) is 6.23. The van der Waals surface area contributed by atoms with Crippen LogP contribution < -0.4 is 0 Å². The Morgan fingerprint density at radius 1 is 2.00 bits per heavy atom. The van der Waals surface area contributed by atoms with Crippen molar-refractivity contribution in [3.05, 3.63) is 12.7 Å². The minimum Gasteiger partial charge on any atom is -0.461 e. The van der Waals surface area contributed by atoms with E-state index in [2.05, 4.69) is 6.58 Å². The number of rotatable bonds is 4. The largest absolute Gasteiger partial charge is 0.461 e. The first-order valence-corrected chi connectivity index (χ1v) is 3.65. The molecule has 1 fully saturated rings. The van der Waals surface area contributed by atoms with Gasteiger partial charge in [0.15, 0.2) is 0 Å². The first-order chi connectivity index (χ1) is 5.25. The van der Waals surface area contributed by atoms with Crippen LogP contribution in [0.25, 0.3) is 0 Å². The Bertz CT molecular complexity index is 161. The molecule has 1 saturated heterocycles. The molecule has 0 bridgehead atoms. The van der Waals surface area contributed by atoms with Gasteiger partial charge in [-0.05, 0) is 6.92 Å². The Balaban J connectivity index is 2.21. The van der Waals surface area contributed by atoms with Crippen LogP contribution in [0.3, 0.4) is 0 Å². The molecule has 1 aliphatic rings. The van der Waals surface area contributed by atoms with Gasteiger partial charge in [0.25, 0.3) is 0 Å². The highest BCUT2D eigenvalue weighted by Gasteiger charge is 2.35. The fourth-order valence-corrected chi connectivity index (χ4v) is 0.769. The highest BCUT2D eigenvalue weighted by Crippen LogP contribution is 2.20. The zero-order valence-corrected chi connectivity index (χ0v) is 6.58. The lowest BCUT2D eigenvalue weighted by Crippen LogP contribution is -2.19. The van der Waals surface area contributed by atoms with E-state index in [4.69, 9.17) is 9.47 Å². The topological polar surface area (TPSA) is 38.8 Å². The van der Waals surface area contributed by atoms with E-state index in [1.165, 1.54) is 0 Å². The van der Waals surface area contributed by atoms with Crippen LogP contribution in [0.15, 0.2) is 12.7 Å². The fraction of sp³-hybridized carbons (Fsp3) is 0.625. The second-order valence-corrected chi connectivity index (χ2v) is 2.58. The van der Waals surface area contributed by atoms with Gasteiger partial charge in [0, 0.05) is 0 Å². The number of carbonyl (C=O) groups is 1. The van der Waals surface area contributed by atoms with E-state index in [0.29, 0.717) is 6.61 Å². The van der Waals surface area contributed by atoms with Crippen molar-refractivity contribution in [2.75, 3.05) is 13.2 Å². The predicted octanol–water partition coefficient (Wildman–Crippen LogP) is 0.750. The van der Waals surface area contributed by atoms with Gasteiger partial charge < -0.3 is 9.47 Å². The molecule has 0 radical (unpaired) electrons. The maximum absolute atomic E-state index is 11.0. The average molecular weight is 156 g/mol. The maximum atomic E-state index is 11.0. The number of esters is 1. The molecule has 0 amide bonds. The Labute approximate surface area is 66.0 Å². The van der Waals surface area contributed by atoms with Gasteiger partial charge in [-0.2, -0.15) is 0 Å². The third kappa shape index (κ3) is 2.35. The quantitative estimate of drug-likeness (QED) is 0.342. The van der Waals surface area contributed by atoms with E-state index in [-0.39, 0.29) is 24.6 Å². The van der Waals surface area contributed by atoms with E-state index in [9.17, 15) is 4.79 Å². The monoisotopic (exact) mass is 156 g/mol. The summed E-state index contributed by atoms with van der Waals surface area (Å²) in [6.07, 6.45) is 1.64. The van der Waals surface area contributed by atoms with E-state index >= 15 is 0 Å². The SMILES string of the molecule is C=CCOC(=O)C(C)C1CO1. The molecule has 2 atom stereocenters. The summed E-state index contributed by atoms with van der Waals surface area (Å²) < 4.78 is 9.76. The molecular weight excluding hydrogens is 144 g/mol. The van der Waals surface area contributed by atoms with Crippen LogP contribution in [0.2, 0.25) is 0 Å². The second kappa shape index (κ2) is 3.53. The number of hydrogen-bond donors (Lipinski definition) is 0. The normalized spacial score (nSPS) is 23.9. The van der Waals surface area contributed by atoms with Gasteiger partial charge in [-0.15, -0.1) is 0 Å². The molecule has 1 rings (SSSR count). The van der Waals surface area contributed by atoms with Crippen molar-refractivity contribution in [2.45, 2.75) is 13.0 Å². The first kappa shape index (κ1) is 8.27. The molecule has 1 heterocycles. The minimum atomic E-state index is -0.201. The number of epoxide rings is 1. The summed E-state index contributed by atoms with van der Waals surface area (Å²) in [4.78, 5) is 11.0. The molecule has 0 aliphatic carbocycles. The molecular formula is C8H12O3. The third-order valence-electron chi connectivity index (χ3n) is 1.63. The van der Waals surface area contributed by atoms with Gasteiger partial charge in [-0.3, -0.25) is 4.79 Å². The van der Waals surface area contributed by atoms with Crippen molar-refractivity contribution in [1.82, 2.24) is 0 Å². The van der Waals surface area contributed by atoms with Gasteiger partial charge >= 0.3 is 5.97 Å². The Hall–Kier alpha value is -0.830. The van der Waals surface area contributed by atoms with Crippen LogP contribution in [0.4, 0.5) is 0 Å². The van der Waals surface area contributed by atoms with E-state index < -0.39 is 0 Å².